The van der Waals surface area contributed by atoms with Gasteiger partial charge in [-0.05, 0) is 55.9 Å². The molecule has 1 unspecified atom stereocenters. The zero-order valence-corrected chi connectivity index (χ0v) is 14.4. The fourth-order valence-corrected chi connectivity index (χ4v) is 3.95. The lowest BCUT2D eigenvalue weighted by atomic mass is 9.91. The van der Waals surface area contributed by atoms with Crippen molar-refractivity contribution in [2.24, 2.45) is 0 Å². The van der Waals surface area contributed by atoms with Crippen LogP contribution in [0.25, 0.3) is 0 Å². The fourth-order valence-electron chi connectivity index (χ4n) is 3.95. The number of hydrogen-bond donors (Lipinski definition) is 1. The molecule has 1 aromatic carbocycles. The van der Waals surface area contributed by atoms with Crippen molar-refractivity contribution in [1.82, 2.24) is 15.1 Å². The quantitative estimate of drug-likeness (QED) is 0.930. The van der Waals surface area contributed by atoms with Gasteiger partial charge in [-0.3, -0.25) is 9.48 Å². The molecule has 1 aromatic heterocycles. The fraction of sp³-hybridized carbons (Fsp3) is 0.500. The molecule has 5 nitrogen and oxygen atoms in total. The number of aromatic nitrogens is 2. The summed E-state index contributed by atoms with van der Waals surface area (Å²) < 4.78 is 7.48. The van der Waals surface area contributed by atoms with Gasteiger partial charge in [0.25, 0.3) is 5.91 Å². The average molecular weight is 339 g/mol. The smallest absolute Gasteiger partial charge is 0.251 e. The molecule has 1 amide bonds. The van der Waals surface area contributed by atoms with Crippen molar-refractivity contribution in [3.63, 3.8) is 0 Å². The molecule has 1 N–H and O–H groups in total. The van der Waals surface area contributed by atoms with Gasteiger partial charge in [0.1, 0.15) is 0 Å². The third kappa shape index (κ3) is 3.76. The van der Waals surface area contributed by atoms with Gasteiger partial charge < -0.3 is 10.1 Å². The maximum atomic E-state index is 12.5. The van der Waals surface area contributed by atoms with Gasteiger partial charge in [0, 0.05) is 36.5 Å². The first-order valence-electron chi connectivity index (χ1n) is 9.27. The number of amides is 1. The number of benzene rings is 1. The van der Waals surface area contributed by atoms with Crippen molar-refractivity contribution < 1.29 is 9.53 Å². The standard InChI is InChI=1S/C20H25N3O2/c24-20(16-4-2-15(3-5-16)17-10-13-25-14-17)22-18-6-8-19(9-7-18)23-12-1-11-21-23/h1-5,11-12,17-19H,6-10,13-14H2,(H,22,24). The van der Waals surface area contributed by atoms with Crippen LogP contribution in [0.2, 0.25) is 0 Å². The second-order valence-electron chi connectivity index (χ2n) is 7.15. The summed E-state index contributed by atoms with van der Waals surface area (Å²) in [6.07, 6.45) is 9.07. The lowest BCUT2D eigenvalue weighted by molar-refractivity contribution is 0.0921. The topological polar surface area (TPSA) is 56.2 Å². The molecule has 1 saturated heterocycles. The molecular weight excluding hydrogens is 314 g/mol. The van der Waals surface area contributed by atoms with Crippen LogP contribution in [0.3, 0.4) is 0 Å². The number of nitrogens with zero attached hydrogens (tertiary/aromatic N) is 2. The zero-order chi connectivity index (χ0) is 17.1. The monoisotopic (exact) mass is 339 g/mol. The molecule has 0 radical (unpaired) electrons. The van der Waals surface area contributed by atoms with E-state index in [-0.39, 0.29) is 11.9 Å². The number of nitrogens with one attached hydrogen (secondary N) is 1. The van der Waals surface area contributed by atoms with Gasteiger partial charge in [-0.2, -0.15) is 5.10 Å². The normalized spacial score (nSPS) is 26.5. The summed E-state index contributed by atoms with van der Waals surface area (Å²) in [5.74, 6) is 0.520. The Labute approximate surface area is 148 Å². The van der Waals surface area contributed by atoms with Crippen LogP contribution in [0.1, 0.15) is 60.0 Å². The van der Waals surface area contributed by atoms with Gasteiger partial charge in [-0.25, -0.2) is 0 Å². The Morgan fingerprint density at radius 2 is 1.92 bits per heavy atom. The minimum atomic E-state index is 0.0387. The molecule has 25 heavy (non-hydrogen) atoms. The molecule has 5 heteroatoms. The van der Waals surface area contributed by atoms with Crippen molar-refractivity contribution in [2.45, 2.75) is 50.1 Å². The number of carbonyl (C=O) groups excluding carboxylic acids is 1. The third-order valence-corrected chi connectivity index (χ3v) is 5.50. The summed E-state index contributed by atoms with van der Waals surface area (Å²) in [6.45, 7) is 1.64. The van der Waals surface area contributed by atoms with E-state index in [0.29, 0.717) is 12.0 Å². The highest BCUT2D eigenvalue weighted by molar-refractivity contribution is 5.94. The van der Waals surface area contributed by atoms with Crippen LogP contribution in [0, 0.1) is 0 Å². The van der Waals surface area contributed by atoms with Gasteiger partial charge in [0.2, 0.25) is 0 Å². The van der Waals surface area contributed by atoms with Gasteiger partial charge in [0.05, 0.1) is 12.6 Å². The minimum Gasteiger partial charge on any atom is -0.381 e. The van der Waals surface area contributed by atoms with Crippen molar-refractivity contribution >= 4 is 5.91 Å². The molecule has 2 fully saturated rings. The van der Waals surface area contributed by atoms with Crippen LogP contribution < -0.4 is 5.32 Å². The van der Waals surface area contributed by atoms with Crippen LogP contribution >= 0.6 is 0 Å². The molecule has 2 aliphatic rings. The Kier molecular flexibility index (Phi) is 4.83. The highest BCUT2D eigenvalue weighted by Gasteiger charge is 2.24. The number of ether oxygens (including phenoxy) is 1. The Morgan fingerprint density at radius 3 is 2.56 bits per heavy atom. The highest BCUT2D eigenvalue weighted by Crippen LogP contribution is 2.28. The predicted molar refractivity (Wildman–Crippen MR) is 95.6 cm³/mol. The van der Waals surface area contributed by atoms with Crippen LogP contribution in [-0.2, 0) is 4.74 Å². The second-order valence-corrected chi connectivity index (χ2v) is 7.15. The summed E-state index contributed by atoms with van der Waals surface area (Å²) in [6, 6.07) is 10.7. The van der Waals surface area contributed by atoms with Crippen molar-refractivity contribution in [2.75, 3.05) is 13.2 Å². The minimum absolute atomic E-state index is 0.0387. The van der Waals surface area contributed by atoms with Gasteiger partial charge in [0.15, 0.2) is 0 Å². The van der Waals surface area contributed by atoms with Gasteiger partial charge in [-0.15, -0.1) is 0 Å². The highest BCUT2D eigenvalue weighted by atomic mass is 16.5. The molecule has 0 spiro atoms. The van der Waals surface area contributed by atoms with Gasteiger partial charge >= 0.3 is 0 Å². The van der Waals surface area contributed by atoms with Crippen molar-refractivity contribution in [1.29, 1.82) is 0 Å². The molecule has 1 aliphatic heterocycles. The predicted octanol–water partition coefficient (Wildman–Crippen LogP) is 3.30. The van der Waals surface area contributed by atoms with Gasteiger partial charge in [-0.1, -0.05) is 12.1 Å². The maximum absolute atomic E-state index is 12.5. The summed E-state index contributed by atoms with van der Waals surface area (Å²) in [7, 11) is 0. The SMILES string of the molecule is O=C(NC1CCC(n2cccn2)CC1)c1ccc(C2CCOC2)cc1. The number of carbonyl (C=O) groups is 1. The van der Waals surface area contributed by atoms with Crippen LogP contribution in [0.4, 0.5) is 0 Å². The summed E-state index contributed by atoms with van der Waals surface area (Å²) in [5, 5.41) is 7.53. The largest absolute Gasteiger partial charge is 0.381 e. The average Bonchev–Trinajstić information content (AvgIpc) is 3.36. The summed E-state index contributed by atoms with van der Waals surface area (Å²) >= 11 is 0. The molecule has 2 aromatic rings. The molecule has 0 bridgehead atoms. The first-order valence-corrected chi connectivity index (χ1v) is 9.27. The summed E-state index contributed by atoms with van der Waals surface area (Å²) in [4.78, 5) is 12.5. The maximum Gasteiger partial charge on any atom is 0.251 e. The first-order chi connectivity index (χ1) is 12.3. The first kappa shape index (κ1) is 16.3. The van der Waals surface area contributed by atoms with E-state index in [1.54, 1.807) is 0 Å². The van der Waals surface area contributed by atoms with E-state index in [1.807, 2.05) is 35.3 Å². The van der Waals surface area contributed by atoms with Crippen LogP contribution in [0.5, 0.6) is 0 Å². The van der Waals surface area contributed by atoms with E-state index in [0.717, 1.165) is 50.9 Å². The van der Waals surface area contributed by atoms with Crippen molar-refractivity contribution in [3.05, 3.63) is 53.9 Å². The second kappa shape index (κ2) is 7.40. The molecule has 1 atom stereocenters. The third-order valence-electron chi connectivity index (χ3n) is 5.50. The Hall–Kier alpha value is -2.14. The Balaban J connectivity index is 1.30. The molecular formula is C20H25N3O2. The lowest BCUT2D eigenvalue weighted by Crippen LogP contribution is -2.38. The van der Waals surface area contributed by atoms with E-state index >= 15 is 0 Å². The van der Waals surface area contributed by atoms with Crippen LogP contribution in [0.15, 0.2) is 42.7 Å². The number of hydrogen-bond acceptors (Lipinski definition) is 3. The molecule has 1 aliphatic carbocycles. The van der Waals surface area contributed by atoms with Crippen molar-refractivity contribution in [3.8, 4) is 0 Å². The van der Waals surface area contributed by atoms with E-state index in [4.69, 9.17) is 4.74 Å². The Morgan fingerprint density at radius 1 is 1.12 bits per heavy atom. The van der Waals surface area contributed by atoms with E-state index in [9.17, 15) is 4.79 Å². The van der Waals surface area contributed by atoms with E-state index in [1.165, 1.54) is 5.56 Å². The Bertz CT molecular complexity index is 682. The molecule has 132 valence electrons. The van der Waals surface area contributed by atoms with E-state index in [2.05, 4.69) is 22.5 Å². The number of rotatable bonds is 4. The zero-order valence-electron chi connectivity index (χ0n) is 14.4. The molecule has 2 heterocycles. The van der Waals surface area contributed by atoms with E-state index < -0.39 is 0 Å². The summed E-state index contributed by atoms with van der Waals surface area (Å²) in [5.41, 5.74) is 2.02. The lowest BCUT2D eigenvalue weighted by Gasteiger charge is -2.29. The molecule has 1 saturated carbocycles. The van der Waals surface area contributed by atoms with Crippen LogP contribution in [-0.4, -0.2) is 34.9 Å². The molecule has 4 rings (SSSR count).